The lowest BCUT2D eigenvalue weighted by molar-refractivity contribution is -0.151. The van der Waals surface area contributed by atoms with Crippen LogP contribution in [0.2, 0.25) is 0 Å². The van der Waals surface area contributed by atoms with Gasteiger partial charge in [0.1, 0.15) is 11.6 Å². The van der Waals surface area contributed by atoms with E-state index in [2.05, 4.69) is 15.1 Å². The molecule has 0 bridgehead atoms. The molecule has 0 saturated carbocycles. The normalized spacial score (nSPS) is 14.4. The molecule has 250 valence electrons. The Morgan fingerprint density at radius 3 is 2.04 bits per heavy atom. The van der Waals surface area contributed by atoms with Crippen molar-refractivity contribution in [2.75, 3.05) is 31.5 Å². The number of piperazine rings is 1. The van der Waals surface area contributed by atoms with E-state index in [-0.39, 0.29) is 30.0 Å². The number of pyridine rings is 1. The SMILES string of the molecule is CCC(CC)(CC(=O)Nc1cccc(C=Cc2cccc(CN3CCN(C(c4ccc(F)cc4)c4ccc(F)cc4)CC3)n2)c1)C(=O)O. The highest BCUT2D eigenvalue weighted by atomic mass is 19.1. The first-order valence-corrected chi connectivity index (χ1v) is 16.4. The third-order valence-corrected chi connectivity index (χ3v) is 9.28. The number of hydrogen-bond donors (Lipinski definition) is 2. The first kappa shape index (κ1) is 34.6. The lowest BCUT2D eigenvalue weighted by Crippen LogP contribution is -2.47. The summed E-state index contributed by atoms with van der Waals surface area (Å²) in [5.41, 5.74) is 4.12. The fraction of sp³-hybridized carbons (Fsp3) is 0.308. The predicted octanol–water partition coefficient (Wildman–Crippen LogP) is 7.66. The van der Waals surface area contributed by atoms with Gasteiger partial charge in [-0.15, -0.1) is 0 Å². The van der Waals surface area contributed by atoms with Crippen LogP contribution in [0.5, 0.6) is 0 Å². The van der Waals surface area contributed by atoms with E-state index < -0.39 is 11.4 Å². The Kier molecular flexibility index (Phi) is 11.5. The zero-order valence-electron chi connectivity index (χ0n) is 27.4. The van der Waals surface area contributed by atoms with Crippen molar-refractivity contribution < 1.29 is 23.5 Å². The van der Waals surface area contributed by atoms with Crippen molar-refractivity contribution in [1.29, 1.82) is 0 Å². The summed E-state index contributed by atoms with van der Waals surface area (Å²) in [6.07, 6.45) is 4.55. The summed E-state index contributed by atoms with van der Waals surface area (Å²) in [5, 5.41) is 12.5. The van der Waals surface area contributed by atoms with Gasteiger partial charge in [-0.2, -0.15) is 0 Å². The van der Waals surface area contributed by atoms with Gasteiger partial charge in [0, 0.05) is 44.8 Å². The van der Waals surface area contributed by atoms with Gasteiger partial charge in [-0.3, -0.25) is 24.4 Å². The zero-order valence-corrected chi connectivity index (χ0v) is 27.4. The molecule has 3 aromatic carbocycles. The third-order valence-electron chi connectivity index (χ3n) is 9.28. The number of carboxylic acid groups (broad SMARTS) is 1. The first-order valence-electron chi connectivity index (χ1n) is 16.4. The lowest BCUT2D eigenvalue weighted by atomic mass is 9.79. The number of nitrogens with one attached hydrogen (secondary N) is 1. The fourth-order valence-electron chi connectivity index (χ4n) is 6.28. The average Bonchev–Trinajstić information content (AvgIpc) is 3.09. The molecule has 1 aliphatic heterocycles. The molecule has 0 unspecified atom stereocenters. The Labute approximate surface area is 280 Å². The number of aromatic nitrogens is 1. The van der Waals surface area contributed by atoms with E-state index in [1.54, 1.807) is 44.2 Å². The highest BCUT2D eigenvalue weighted by molar-refractivity contribution is 5.94. The Bertz CT molecular complexity index is 1670. The Balaban J connectivity index is 1.19. The molecule has 0 aliphatic carbocycles. The number of hydrogen-bond acceptors (Lipinski definition) is 5. The molecule has 5 rings (SSSR count). The first-order chi connectivity index (χ1) is 23.2. The van der Waals surface area contributed by atoms with Gasteiger partial charge >= 0.3 is 5.97 Å². The molecule has 9 heteroatoms. The summed E-state index contributed by atoms with van der Waals surface area (Å²) in [6, 6.07) is 26.4. The summed E-state index contributed by atoms with van der Waals surface area (Å²) in [6.45, 7) is 7.52. The molecule has 0 spiro atoms. The predicted molar refractivity (Wildman–Crippen MR) is 185 cm³/mol. The van der Waals surface area contributed by atoms with E-state index in [4.69, 9.17) is 4.98 Å². The second-order valence-corrected chi connectivity index (χ2v) is 12.3. The molecule has 0 radical (unpaired) electrons. The van der Waals surface area contributed by atoms with Crippen LogP contribution in [0.15, 0.2) is 91.0 Å². The highest BCUT2D eigenvalue weighted by Crippen LogP contribution is 2.32. The molecule has 1 amide bonds. The number of amides is 1. The largest absolute Gasteiger partial charge is 0.481 e. The number of halogens is 2. The van der Waals surface area contributed by atoms with E-state index in [0.717, 1.165) is 54.3 Å². The number of benzene rings is 3. The van der Waals surface area contributed by atoms with E-state index in [1.807, 2.05) is 48.6 Å². The minimum absolute atomic E-state index is 0.0791. The molecule has 1 fully saturated rings. The minimum Gasteiger partial charge on any atom is -0.481 e. The van der Waals surface area contributed by atoms with E-state index in [0.29, 0.717) is 25.1 Å². The van der Waals surface area contributed by atoms with Crippen molar-refractivity contribution in [3.63, 3.8) is 0 Å². The number of aliphatic carboxylic acids is 1. The average molecular weight is 653 g/mol. The highest BCUT2D eigenvalue weighted by Gasteiger charge is 2.37. The summed E-state index contributed by atoms with van der Waals surface area (Å²) < 4.78 is 27.4. The molecule has 1 saturated heterocycles. The second kappa shape index (κ2) is 15.9. The molecule has 7 nitrogen and oxygen atoms in total. The van der Waals surface area contributed by atoms with Crippen molar-refractivity contribution >= 4 is 29.7 Å². The molecule has 2 N–H and O–H groups in total. The van der Waals surface area contributed by atoms with Gasteiger partial charge < -0.3 is 10.4 Å². The van der Waals surface area contributed by atoms with Crippen LogP contribution in [0, 0.1) is 17.0 Å². The second-order valence-electron chi connectivity index (χ2n) is 12.3. The monoisotopic (exact) mass is 652 g/mol. The number of carbonyl (C=O) groups excluding carboxylic acids is 1. The number of carbonyl (C=O) groups is 2. The van der Waals surface area contributed by atoms with Crippen LogP contribution in [-0.2, 0) is 16.1 Å². The van der Waals surface area contributed by atoms with E-state index in [9.17, 15) is 23.5 Å². The lowest BCUT2D eigenvalue weighted by Gasteiger charge is -2.39. The summed E-state index contributed by atoms with van der Waals surface area (Å²) in [7, 11) is 0. The van der Waals surface area contributed by atoms with Crippen LogP contribution in [0.4, 0.5) is 14.5 Å². The van der Waals surface area contributed by atoms with Crippen LogP contribution in [0.3, 0.4) is 0 Å². The number of rotatable bonds is 13. The smallest absolute Gasteiger partial charge is 0.310 e. The van der Waals surface area contributed by atoms with Gasteiger partial charge in [-0.25, -0.2) is 8.78 Å². The summed E-state index contributed by atoms with van der Waals surface area (Å²) >= 11 is 0. The van der Waals surface area contributed by atoms with Gasteiger partial charge in [0.15, 0.2) is 0 Å². The summed E-state index contributed by atoms with van der Waals surface area (Å²) in [5.74, 6) is -1.84. The van der Waals surface area contributed by atoms with Crippen LogP contribution < -0.4 is 5.32 Å². The number of anilines is 1. The van der Waals surface area contributed by atoms with Crippen LogP contribution >= 0.6 is 0 Å². The van der Waals surface area contributed by atoms with Crippen LogP contribution in [-0.4, -0.2) is 57.9 Å². The fourth-order valence-corrected chi connectivity index (χ4v) is 6.28. The van der Waals surface area contributed by atoms with Crippen LogP contribution in [0.25, 0.3) is 12.2 Å². The Morgan fingerprint density at radius 1 is 0.854 bits per heavy atom. The number of nitrogens with zero attached hydrogens (tertiary/aromatic N) is 3. The van der Waals surface area contributed by atoms with Crippen molar-refractivity contribution in [1.82, 2.24) is 14.8 Å². The maximum absolute atomic E-state index is 13.7. The van der Waals surface area contributed by atoms with Gasteiger partial charge in [0.05, 0.1) is 22.8 Å². The molecular formula is C39H42F2N4O3. The molecular weight excluding hydrogens is 610 g/mol. The van der Waals surface area contributed by atoms with E-state index >= 15 is 0 Å². The van der Waals surface area contributed by atoms with Crippen LogP contribution in [0.1, 0.15) is 67.2 Å². The minimum atomic E-state index is -1.07. The van der Waals surface area contributed by atoms with Gasteiger partial charge in [0.25, 0.3) is 0 Å². The molecule has 4 aromatic rings. The zero-order chi connectivity index (χ0) is 34.1. The molecule has 0 atom stereocenters. The molecule has 2 heterocycles. The molecule has 1 aromatic heterocycles. The van der Waals surface area contributed by atoms with E-state index in [1.165, 1.54) is 24.3 Å². The van der Waals surface area contributed by atoms with Crippen molar-refractivity contribution in [2.24, 2.45) is 5.41 Å². The Hall–Kier alpha value is -4.73. The van der Waals surface area contributed by atoms with Gasteiger partial charge in [-0.1, -0.05) is 62.4 Å². The molecule has 1 aliphatic rings. The Morgan fingerprint density at radius 2 is 1.46 bits per heavy atom. The topological polar surface area (TPSA) is 85.8 Å². The molecule has 48 heavy (non-hydrogen) atoms. The maximum atomic E-state index is 13.7. The number of carboxylic acids is 1. The van der Waals surface area contributed by atoms with Crippen molar-refractivity contribution in [3.05, 3.63) is 131 Å². The quantitative estimate of drug-likeness (QED) is 0.154. The third kappa shape index (κ3) is 8.79. The standard InChI is InChI=1S/C39H42F2N4O3/c1-3-39(4-2,38(47)48)26-36(46)43-34-9-5-7-28(25-34)11-20-33-8-6-10-35(42-33)27-44-21-23-45(24-22-44)37(29-12-16-31(40)17-13-29)30-14-18-32(41)19-15-30/h5-20,25,37H,3-4,21-24,26-27H2,1-2H3,(H,43,46)(H,47,48). The van der Waals surface area contributed by atoms with Gasteiger partial charge in [-0.05, 0) is 84.1 Å². The maximum Gasteiger partial charge on any atom is 0.310 e. The van der Waals surface area contributed by atoms with Gasteiger partial charge in [0.2, 0.25) is 5.91 Å². The summed E-state index contributed by atoms with van der Waals surface area (Å²) in [4.78, 5) is 34.1. The van der Waals surface area contributed by atoms with Crippen molar-refractivity contribution in [2.45, 2.75) is 45.7 Å². The van der Waals surface area contributed by atoms with Crippen molar-refractivity contribution in [3.8, 4) is 0 Å².